The van der Waals surface area contributed by atoms with Gasteiger partial charge in [-0.25, -0.2) is 9.37 Å². The number of aromatic nitrogens is 4. The van der Waals surface area contributed by atoms with Crippen molar-refractivity contribution in [3.8, 4) is 22.8 Å². The second kappa shape index (κ2) is 8.01. The highest BCUT2D eigenvalue weighted by Gasteiger charge is 2.13. The van der Waals surface area contributed by atoms with Crippen LogP contribution in [0.4, 0.5) is 4.39 Å². The summed E-state index contributed by atoms with van der Waals surface area (Å²) in [5.74, 6) is 0.303. The predicted octanol–water partition coefficient (Wildman–Crippen LogP) is 3.21. The Balaban J connectivity index is 1.37. The lowest BCUT2D eigenvalue weighted by Crippen LogP contribution is -2.25. The third kappa shape index (κ3) is 4.18. The molecule has 1 N–H and O–H groups in total. The molecule has 0 saturated heterocycles. The van der Waals surface area contributed by atoms with Gasteiger partial charge in [-0.15, -0.1) is 0 Å². The largest absolute Gasteiger partial charge is 0.444 e. The smallest absolute Gasteiger partial charge is 0.252 e. The van der Waals surface area contributed by atoms with Gasteiger partial charge in [0.05, 0.1) is 16.8 Å². The van der Waals surface area contributed by atoms with Gasteiger partial charge in [-0.3, -0.25) is 9.78 Å². The molecule has 4 aromatic rings. The average Bonchev–Trinajstić information content (AvgIpc) is 3.38. The van der Waals surface area contributed by atoms with E-state index >= 15 is 0 Å². The average molecular weight is 393 g/mol. The molecule has 0 fully saturated rings. The molecule has 0 unspecified atom stereocenters. The fourth-order valence-electron chi connectivity index (χ4n) is 2.69. The molecule has 1 aromatic carbocycles. The van der Waals surface area contributed by atoms with Gasteiger partial charge in [0.15, 0.2) is 0 Å². The maximum atomic E-state index is 13.8. The fourth-order valence-corrected chi connectivity index (χ4v) is 2.69. The van der Waals surface area contributed by atoms with Crippen molar-refractivity contribution in [3.63, 3.8) is 0 Å². The third-order valence-electron chi connectivity index (χ3n) is 4.11. The Kier molecular flexibility index (Phi) is 5.10. The number of carbonyl (C=O) groups is 1. The van der Waals surface area contributed by atoms with Crippen molar-refractivity contribution in [1.29, 1.82) is 0 Å². The first kappa shape index (κ1) is 18.5. The zero-order valence-electron chi connectivity index (χ0n) is 15.4. The van der Waals surface area contributed by atoms with Crippen LogP contribution >= 0.6 is 0 Å². The van der Waals surface area contributed by atoms with Gasteiger partial charge >= 0.3 is 0 Å². The van der Waals surface area contributed by atoms with Gasteiger partial charge in [0.2, 0.25) is 17.6 Å². The van der Waals surface area contributed by atoms with E-state index in [1.165, 1.54) is 18.5 Å². The Morgan fingerprint density at radius 2 is 2.07 bits per heavy atom. The number of oxazole rings is 1. The van der Waals surface area contributed by atoms with Crippen LogP contribution in [0.3, 0.4) is 0 Å². The SMILES string of the molecule is Cc1nc(-c2cncc(C(=O)NCCc3coc(-c4ccccc4F)n3)c2)no1. The van der Waals surface area contributed by atoms with Crippen LogP contribution in [0.15, 0.2) is 57.9 Å². The number of carbonyl (C=O) groups excluding carboxylic acids is 1. The molecule has 0 saturated carbocycles. The molecule has 0 aliphatic heterocycles. The van der Waals surface area contributed by atoms with E-state index in [-0.39, 0.29) is 11.8 Å². The molecular weight excluding hydrogens is 377 g/mol. The number of nitrogens with zero attached hydrogens (tertiary/aromatic N) is 4. The fraction of sp³-hybridized carbons (Fsp3) is 0.150. The lowest BCUT2D eigenvalue weighted by molar-refractivity contribution is 0.0953. The van der Waals surface area contributed by atoms with Crippen LogP contribution in [0.25, 0.3) is 22.8 Å². The summed E-state index contributed by atoms with van der Waals surface area (Å²) >= 11 is 0. The highest BCUT2D eigenvalue weighted by Crippen LogP contribution is 2.21. The van der Waals surface area contributed by atoms with Crippen molar-refractivity contribution in [2.75, 3.05) is 6.54 Å². The summed E-state index contributed by atoms with van der Waals surface area (Å²) in [6.07, 6.45) is 4.90. The number of benzene rings is 1. The first-order valence-electron chi connectivity index (χ1n) is 8.83. The van der Waals surface area contributed by atoms with Crippen molar-refractivity contribution >= 4 is 5.91 Å². The second-order valence-corrected chi connectivity index (χ2v) is 6.23. The highest BCUT2D eigenvalue weighted by atomic mass is 19.1. The van der Waals surface area contributed by atoms with E-state index in [4.69, 9.17) is 8.94 Å². The summed E-state index contributed by atoms with van der Waals surface area (Å²) in [4.78, 5) is 24.8. The number of pyridine rings is 1. The molecule has 3 aromatic heterocycles. The van der Waals surface area contributed by atoms with Crippen LogP contribution in [0.1, 0.15) is 21.9 Å². The van der Waals surface area contributed by atoms with Gasteiger partial charge in [0, 0.05) is 37.8 Å². The minimum atomic E-state index is -0.404. The second-order valence-electron chi connectivity index (χ2n) is 6.23. The number of aryl methyl sites for hydroxylation is 1. The molecule has 9 heteroatoms. The Labute approximate surface area is 164 Å². The quantitative estimate of drug-likeness (QED) is 0.536. The van der Waals surface area contributed by atoms with Crippen LogP contribution in [-0.4, -0.2) is 32.6 Å². The van der Waals surface area contributed by atoms with Crippen molar-refractivity contribution in [2.24, 2.45) is 0 Å². The maximum Gasteiger partial charge on any atom is 0.252 e. The first-order chi connectivity index (χ1) is 14.1. The standard InChI is InChI=1S/C20H16FN5O3/c1-12-24-18(26-29-12)13-8-14(10-22-9-13)19(27)23-7-6-15-11-28-20(25-15)16-4-2-3-5-17(16)21/h2-5,8-11H,6-7H2,1H3,(H,23,27). The summed E-state index contributed by atoms with van der Waals surface area (Å²) in [7, 11) is 0. The molecule has 0 bridgehead atoms. The van der Waals surface area contributed by atoms with Gasteiger partial charge < -0.3 is 14.3 Å². The third-order valence-corrected chi connectivity index (χ3v) is 4.11. The number of rotatable bonds is 6. The van der Waals surface area contributed by atoms with Crippen molar-refractivity contribution in [3.05, 3.63) is 72.0 Å². The number of hydrogen-bond donors (Lipinski definition) is 1. The summed E-state index contributed by atoms with van der Waals surface area (Å²) in [6.45, 7) is 2.01. The van der Waals surface area contributed by atoms with Gasteiger partial charge in [-0.05, 0) is 18.2 Å². The Morgan fingerprint density at radius 1 is 1.21 bits per heavy atom. The van der Waals surface area contributed by atoms with Gasteiger partial charge in [-0.2, -0.15) is 4.98 Å². The lowest BCUT2D eigenvalue weighted by atomic mass is 10.2. The van der Waals surface area contributed by atoms with E-state index in [9.17, 15) is 9.18 Å². The molecule has 0 aliphatic carbocycles. The Bertz CT molecular complexity index is 1150. The maximum absolute atomic E-state index is 13.8. The van der Waals surface area contributed by atoms with E-state index in [0.29, 0.717) is 47.1 Å². The molecule has 0 spiro atoms. The normalized spacial score (nSPS) is 10.8. The van der Waals surface area contributed by atoms with Crippen LogP contribution < -0.4 is 5.32 Å². The molecule has 29 heavy (non-hydrogen) atoms. The van der Waals surface area contributed by atoms with E-state index < -0.39 is 5.82 Å². The molecule has 4 rings (SSSR count). The molecule has 0 atom stereocenters. The Morgan fingerprint density at radius 3 is 2.86 bits per heavy atom. The minimum Gasteiger partial charge on any atom is -0.444 e. The van der Waals surface area contributed by atoms with Gasteiger partial charge in [-0.1, -0.05) is 17.3 Å². The van der Waals surface area contributed by atoms with Crippen LogP contribution in [0, 0.1) is 12.7 Å². The van der Waals surface area contributed by atoms with Crippen LogP contribution in [-0.2, 0) is 6.42 Å². The van der Waals surface area contributed by atoms with Crippen molar-refractivity contribution in [1.82, 2.24) is 25.4 Å². The number of halogens is 1. The van der Waals surface area contributed by atoms with Gasteiger partial charge in [0.1, 0.15) is 12.1 Å². The monoisotopic (exact) mass is 393 g/mol. The molecule has 0 radical (unpaired) electrons. The zero-order chi connectivity index (χ0) is 20.2. The minimum absolute atomic E-state index is 0.205. The van der Waals surface area contributed by atoms with E-state index in [2.05, 4.69) is 25.4 Å². The van der Waals surface area contributed by atoms with E-state index in [0.717, 1.165) is 0 Å². The summed E-state index contributed by atoms with van der Waals surface area (Å²) < 4.78 is 24.1. The van der Waals surface area contributed by atoms with E-state index in [1.807, 2.05) is 0 Å². The summed E-state index contributed by atoms with van der Waals surface area (Å²) in [5.41, 5.74) is 1.86. The van der Waals surface area contributed by atoms with Crippen molar-refractivity contribution < 1.29 is 18.1 Å². The van der Waals surface area contributed by atoms with Crippen LogP contribution in [0.5, 0.6) is 0 Å². The number of hydrogen-bond acceptors (Lipinski definition) is 7. The Hall–Kier alpha value is -3.88. The predicted molar refractivity (Wildman–Crippen MR) is 100 cm³/mol. The molecule has 3 heterocycles. The zero-order valence-corrected chi connectivity index (χ0v) is 15.4. The first-order valence-corrected chi connectivity index (χ1v) is 8.83. The number of nitrogens with one attached hydrogen (secondary N) is 1. The number of amides is 1. The van der Waals surface area contributed by atoms with E-state index in [1.54, 1.807) is 37.4 Å². The van der Waals surface area contributed by atoms with Crippen LogP contribution in [0.2, 0.25) is 0 Å². The van der Waals surface area contributed by atoms with Crippen molar-refractivity contribution in [2.45, 2.75) is 13.3 Å². The highest BCUT2D eigenvalue weighted by molar-refractivity contribution is 5.94. The molecular formula is C20H16FN5O3. The summed E-state index contributed by atoms with van der Waals surface area (Å²) in [5, 5.41) is 6.61. The van der Waals surface area contributed by atoms with Gasteiger partial charge in [0.25, 0.3) is 5.91 Å². The molecule has 0 aliphatic rings. The molecule has 146 valence electrons. The topological polar surface area (TPSA) is 107 Å². The summed E-state index contributed by atoms with van der Waals surface area (Å²) in [6, 6.07) is 7.89. The molecule has 8 nitrogen and oxygen atoms in total. The molecule has 1 amide bonds. The lowest BCUT2D eigenvalue weighted by Gasteiger charge is -2.04.